The molecule has 0 aliphatic heterocycles. The zero-order valence-corrected chi connectivity index (χ0v) is 20.2. The molecule has 0 aliphatic rings. The van der Waals surface area contributed by atoms with E-state index in [-0.39, 0.29) is 10.8 Å². The molecule has 3 rings (SSSR count). The summed E-state index contributed by atoms with van der Waals surface area (Å²) in [5.41, 5.74) is 3.33. The topological polar surface area (TPSA) is 72.6 Å². The SMILES string of the molecule is CC(C)(C)c1cc(-c2nc(CCOc3ccc(C=O)cc3Cl)co2)cc(C(C)(C)C)c1O. The Labute approximate surface area is 194 Å². The number of carbonyl (C=O) groups is 1. The van der Waals surface area contributed by atoms with Gasteiger partial charge in [-0.3, -0.25) is 4.79 Å². The van der Waals surface area contributed by atoms with Crippen molar-refractivity contribution >= 4 is 17.9 Å². The van der Waals surface area contributed by atoms with E-state index in [4.69, 9.17) is 20.8 Å². The number of hydrogen-bond donors (Lipinski definition) is 1. The van der Waals surface area contributed by atoms with Crippen molar-refractivity contribution in [2.24, 2.45) is 0 Å². The van der Waals surface area contributed by atoms with Crippen LogP contribution in [0.1, 0.15) is 68.7 Å². The molecule has 1 heterocycles. The lowest BCUT2D eigenvalue weighted by Crippen LogP contribution is -2.17. The first kappa shape index (κ1) is 23.9. The van der Waals surface area contributed by atoms with Gasteiger partial charge in [0.1, 0.15) is 24.0 Å². The van der Waals surface area contributed by atoms with Gasteiger partial charge in [0.25, 0.3) is 0 Å². The Kier molecular flexibility index (Phi) is 6.70. The van der Waals surface area contributed by atoms with Crippen molar-refractivity contribution in [1.82, 2.24) is 4.98 Å². The summed E-state index contributed by atoms with van der Waals surface area (Å²) in [5.74, 6) is 1.35. The lowest BCUT2D eigenvalue weighted by atomic mass is 9.78. The zero-order valence-electron chi connectivity index (χ0n) is 19.5. The van der Waals surface area contributed by atoms with Gasteiger partial charge in [0.2, 0.25) is 5.89 Å². The maximum atomic E-state index is 10.9. The summed E-state index contributed by atoms with van der Waals surface area (Å²) >= 11 is 6.15. The van der Waals surface area contributed by atoms with Crippen LogP contribution in [0.5, 0.6) is 11.5 Å². The normalized spacial score (nSPS) is 12.1. The van der Waals surface area contributed by atoms with Crippen molar-refractivity contribution in [2.45, 2.75) is 58.8 Å². The van der Waals surface area contributed by atoms with Gasteiger partial charge in [-0.25, -0.2) is 4.98 Å². The highest BCUT2D eigenvalue weighted by Crippen LogP contribution is 2.41. The van der Waals surface area contributed by atoms with Crippen molar-refractivity contribution in [3.8, 4) is 23.0 Å². The number of benzene rings is 2. The molecule has 6 heteroatoms. The quantitative estimate of drug-likeness (QED) is 0.417. The van der Waals surface area contributed by atoms with Crippen LogP contribution in [0, 0.1) is 0 Å². The Morgan fingerprint density at radius 2 is 1.69 bits per heavy atom. The standard InChI is InChI=1S/C26H30ClNO4/c1-25(2,3)19-12-17(13-20(23(19)30)26(4,5)6)24-28-18(15-32-24)9-10-31-22-8-7-16(14-29)11-21(22)27/h7-8,11-15,30H,9-10H2,1-6H3. The minimum absolute atomic E-state index is 0.234. The number of rotatable bonds is 6. The maximum Gasteiger partial charge on any atom is 0.226 e. The molecular weight excluding hydrogens is 426 g/mol. The first-order valence-corrected chi connectivity index (χ1v) is 11.0. The monoisotopic (exact) mass is 455 g/mol. The number of nitrogens with zero attached hydrogens (tertiary/aromatic N) is 1. The van der Waals surface area contributed by atoms with Gasteiger partial charge >= 0.3 is 0 Å². The molecule has 1 aromatic heterocycles. The Morgan fingerprint density at radius 3 is 2.22 bits per heavy atom. The smallest absolute Gasteiger partial charge is 0.226 e. The molecule has 5 nitrogen and oxygen atoms in total. The maximum absolute atomic E-state index is 10.9. The predicted molar refractivity (Wildman–Crippen MR) is 127 cm³/mol. The van der Waals surface area contributed by atoms with Crippen molar-refractivity contribution in [3.63, 3.8) is 0 Å². The molecule has 0 saturated heterocycles. The van der Waals surface area contributed by atoms with Crippen LogP contribution in [0.4, 0.5) is 0 Å². The predicted octanol–water partition coefficient (Wildman–Crippen LogP) is 6.73. The number of hydrogen-bond acceptors (Lipinski definition) is 5. The highest BCUT2D eigenvalue weighted by atomic mass is 35.5. The number of halogens is 1. The number of aromatic hydroxyl groups is 1. The molecule has 2 aromatic carbocycles. The van der Waals surface area contributed by atoms with Crippen LogP contribution in [0.2, 0.25) is 5.02 Å². The van der Waals surface area contributed by atoms with Gasteiger partial charge in [-0.15, -0.1) is 0 Å². The molecule has 0 atom stereocenters. The Hall–Kier alpha value is -2.79. The second kappa shape index (κ2) is 8.99. The van der Waals surface area contributed by atoms with Crippen LogP contribution in [-0.2, 0) is 17.3 Å². The van der Waals surface area contributed by atoms with E-state index in [0.29, 0.717) is 41.0 Å². The number of aldehydes is 1. The van der Waals surface area contributed by atoms with E-state index in [1.165, 1.54) is 0 Å². The molecule has 0 radical (unpaired) electrons. The third kappa shape index (κ3) is 5.33. The summed E-state index contributed by atoms with van der Waals surface area (Å²) in [5, 5.41) is 11.3. The molecule has 0 saturated carbocycles. The molecule has 0 unspecified atom stereocenters. The van der Waals surface area contributed by atoms with Crippen molar-refractivity contribution in [1.29, 1.82) is 0 Å². The third-order valence-electron chi connectivity index (χ3n) is 5.23. The molecule has 0 fully saturated rings. The number of phenols is 1. The number of aromatic nitrogens is 1. The highest BCUT2D eigenvalue weighted by Gasteiger charge is 2.27. The lowest BCUT2D eigenvalue weighted by Gasteiger charge is -2.27. The summed E-state index contributed by atoms with van der Waals surface area (Å²) in [6.45, 7) is 12.8. The van der Waals surface area contributed by atoms with Crippen molar-refractivity contribution in [3.05, 3.63) is 64.0 Å². The molecule has 0 spiro atoms. The first-order chi connectivity index (χ1) is 14.9. The van der Waals surface area contributed by atoms with E-state index in [1.807, 2.05) is 12.1 Å². The minimum Gasteiger partial charge on any atom is -0.507 e. The summed E-state index contributed by atoms with van der Waals surface area (Å²) < 4.78 is 11.5. The second-order valence-electron chi connectivity index (χ2n) is 9.97. The number of carbonyl (C=O) groups excluding carboxylic acids is 1. The Morgan fingerprint density at radius 1 is 1.06 bits per heavy atom. The zero-order chi connectivity index (χ0) is 23.7. The molecule has 1 N–H and O–H groups in total. The van der Waals surface area contributed by atoms with Crippen LogP contribution in [0.3, 0.4) is 0 Å². The van der Waals surface area contributed by atoms with E-state index in [2.05, 4.69) is 46.5 Å². The molecule has 0 amide bonds. The van der Waals surface area contributed by atoms with E-state index in [0.717, 1.165) is 28.7 Å². The molecule has 0 aliphatic carbocycles. The second-order valence-corrected chi connectivity index (χ2v) is 10.4. The van der Waals surface area contributed by atoms with Crippen molar-refractivity contribution in [2.75, 3.05) is 6.61 Å². The van der Waals surface area contributed by atoms with Gasteiger partial charge in [-0.05, 0) is 41.2 Å². The lowest BCUT2D eigenvalue weighted by molar-refractivity contribution is 0.112. The van der Waals surface area contributed by atoms with Crippen LogP contribution in [0.15, 0.2) is 41.0 Å². The Balaban J connectivity index is 1.81. The van der Waals surface area contributed by atoms with Gasteiger partial charge in [-0.2, -0.15) is 0 Å². The van der Waals surface area contributed by atoms with Gasteiger partial charge in [-0.1, -0.05) is 53.1 Å². The summed E-state index contributed by atoms with van der Waals surface area (Å²) in [6, 6.07) is 8.81. The fourth-order valence-corrected chi connectivity index (χ4v) is 3.67. The van der Waals surface area contributed by atoms with Crippen molar-refractivity contribution < 1.29 is 19.1 Å². The van der Waals surface area contributed by atoms with Crippen LogP contribution < -0.4 is 4.74 Å². The van der Waals surface area contributed by atoms with Crippen LogP contribution in [0.25, 0.3) is 11.5 Å². The summed E-state index contributed by atoms with van der Waals surface area (Å²) in [7, 11) is 0. The molecular formula is C26H30ClNO4. The van der Waals surface area contributed by atoms with Gasteiger partial charge in [0, 0.05) is 28.7 Å². The molecule has 3 aromatic rings. The third-order valence-corrected chi connectivity index (χ3v) is 5.53. The average Bonchev–Trinajstić information content (AvgIpc) is 3.16. The summed E-state index contributed by atoms with van der Waals surface area (Å²) in [4.78, 5) is 15.5. The van der Waals surface area contributed by atoms with E-state index < -0.39 is 0 Å². The Bertz CT molecular complexity index is 1080. The molecule has 0 bridgehead atoms. The van der Waals surface area contributed by atoms with Gasteiger partial charge in [0.15, 0.2) is 0 Å². The molecule has 32 heavy (non-hydrogen) atoms. The number of phenolic OH excluding ortho intramolecular Hbond substituents is 1. The van der Waals surface area contributed by atoms with E-state index in [9.17, 15) is 9.90 Å². The van der Waals surface area contributed by atoms with Crippen LogP contribution >= 0.6 is 11.6 Å². The fraction of sp³-hybridized carbons (Fsp3) is 0.385. The summed E-state index contributed by atoms with van der Waals surface area (Å²) in [6.07, 6.45) is 2.90. The fourth-order valence-electron chi connectivity index (χ4n) is 3.43. The first-order valence-electron chi connectivity index (χ1n) is 10.6. The number of oxazole rings is 1. The number of ether oxygens (including phenoxy) is 1. The van der Waals surface area contributed by atoms with Crippen LogP contribution in [-0.4, -0.2) is 23.0 Å². The average molecular weight is 456 g/mol. The highest BCUT2D eigenvalue weighted by molar-refractivity contribution is 6.32. The largest absolute Gasteiger partial charge is 0.507 e. The van der Waals surface area contributed by atoms with Gasteiger partial charge < -0.3 is 14.3 Å². The van der Waals surface area contributed by atoms with Gasteiger partial charge in [0.05, 0.1) is 17.3 Å². The van der Waals surface area contributed by atoms with E-state index in [1.54, 1.807) is 24.5 Å². The molecule has 170 valence electrons. The van der Waals surface area contributed by atoms with E-state index >= 15 is 0 Å². The minimum atomic E-state index is -0.234.